The van der Waals surface area contributed by atoms with Gasteiger partial charge in [0.1, 0.15) is 6.10 Å². The highest BCUT2D eigenvalue weighted by Crippen LogP contribution is 2.28. The van der Waals surface area contributed by atoms with Crippen LogP contribution >= 0.6 is 0 Å². The normalized spacial score (nSPS) is 35.3. The molecule has 2 rings (SSSR count). The summed E-state index contributed by atoms with van der Waals surface area (Å²) in [6.07, 6.45) is 8.94. The van der Waals surface area contributed by atoms with Crippen LogP contribution in [-0.2, 0) is 9.53 Å². The van der Waals surface area contributed by atoms with Gasteiger partial charge in [0, 0.05) is 12.6 Å². The minimum atomic E-state index is -0.262. The Morgan fingerprint density at radius 1 is 1.21 bits per heavy atom. The summed E-state index contributed by atoms with van der Waals surface area (Å²) in [7, 11) is 0. The van der Waals surface area contributed by atoms with Gasteiger partial charge in [-0.1, -0.05) is 19.8 Å². The molecule has 4 nitrogen and oxygen atoms in total. The van der Waals surface area contributed by atoms with E-state index in [0.29, 0.717) is 12.6 Å². The SMILES string of the molecule is CCCC1CCC(NC(=O)[C@@H]2CC[C@H](CN)O2)CC1. The van der Waals surface area contributed by atoms with Gasteiger partial charge in [0.25, 0.3) is 0 Å². The van der Waals surface area contributed by atoms with Crippen LogP contribution in [0.1, 0.15) is 58.3 Å². The van der Waals surface area contributed by atoms with E-state index in [1.807, 2.05) is 0 Å². The average Bonchev–Trinajstić information content (AvgIpc) is 2.90. The summed E-state index contributed by atoms with van der Waals surface area (Å²) in [5.41, 5.74) is 5.57. The van der Waals surface area contributed by atoms with Crippen molar-refractivity contribution in [1.29, 1.82) is 0 Å². The smallest absolute Gasteiger partial charge is 0.249 e. The minimum Gasteiger partial charge on any atom is -0.364 e. The number of carbonyl (C=O) groups excluding carboxylic acids is 1. The van der Waals surface area contributed by atoms with Gasteiger partial charge in [0.05, 0.1) is 6.10 Å². The largest absolute Gasteiger partial charge is 0.364 e. The number of hydrogen-bond acceptors (Lipinski definition) is 3. The van der Waals surface area contributed by atoms with Gasteiger partial charge in [0.2, 0.25) is 5.91 Å². The van der Waals surface area contributed by atoms with Crippen molar-refractivity contribution in [3.63, 3.8) is 0 Å². The third-order valence-electron chi connectivity index (χ3n) is 4.55. The molecule has 1 heterocycles. The zero-order chi connectivity index (χ0) is 13.7. The molecule has 2 atom stereocenters. The van der Waals surface area contributed by atoms with E-state index < -0.39 is 0 Å². The molecule has 2 fully saturated rings. The van der Waals surface area contributed by atoms with E-state index in [2.05, 4.69) is 12.2 Å². The predicted octanol–water partition coefficient (Wildman–Crippen LogP) is 1.97. The van der Waals surface area contributed by atoms with Crippen LogP contribution in [0, 0.1) is 5.92 Å². The number of ether oxygens (including phenoxy) is 1. The van der Waals surface area contributed by atoms with Gasteiger partial charge in [-0.15, -0.1) is 0 Å². The Hall–Kier alpha value is -0.610. The molecule has 4 heteroatoms. The summed E-state index contributed by atoms with van der Waals surface area (Å²) in [5.74, 6) is 0.956. The molecule has 1 aliphatic heterocycles. The van der Waals surface area contributed by atoms with Gasteiger partial charge in [-0.2, -0.15) is 0 Å². The van der Waals surface area contributed by atoms with E-state index in [1.165, 1.54) is 25.7 Å². The lowest BCUT2D eigenvalue weighted by atomic mass is 9.83. The topological polar surface area (TPSA) is 64.4 Å². The van der Waals surface area contributed by atoms with Crippen molar-refractivity contribution in [2.24, 2.45) is 11.7 Å². The van der Waals surface area contributed by atoms with Gasteiger partial charge in [-0.3, -0.25) is 4.79 Å². The summed E-state index contributed by atoms with van der Waals surface area (Å²) in [4.78, 5) is 12.1. The van der Waals surface area contributed by atoms with E-state index >= 15 is 0 Å². The van der Waals surface area contributed by atoms with Crippen LogP contribution in [0.5, 0.6) is 0 Å². The van der Waals surface area contributed by atoms with Crippen LogP contribution in [-0.4, -0.2) is 30.7 Å². The molecule has 110 valence electrons. The van der Waals surface area contributed by atoms with E-state index in [0.717, 1.165) is 31.6 Å². The molecule has 2 aliphatic rings. The van der Waals surface area contributed by atoms with E-state index in [-0.39, 0.29) is 18.1 Å². The van der Waals surface area contributed by atoms with Crippen molar-refractivity contribution in [3.8, 4) is 0 Å². The second-order valence-electron chi connectivity index (χ2n) is 6.07. The average molecular weight is 268 g/mol. The first-order chi connectivity index (χ1) is 9.22. The maximum absolute atomic E-state index is 12.1. The zero-order valence-electron chi connectivity index (χ0n) is 12.1. The Bertz CT molecular complexity index is 288. The lowest BCUT2D eigenvalue weighted by molar-refractivity contribution is -0.132. The molecular formula is C15H28N2O2. The number of rotatable bonds is 5. The molecule has 1 saturated heterocycles. The first-order valence-corrected chi connectivity index (χ1v) is 7.88. The molecule has 19 heavy (non-hydrogen) atoms. The molecule has 0 radical (unpaired) electrons. The van der Waals surface area contributed by atoms with Crippen LogP contribution < -0.4 is 11.1 Å². The molecular weight excluding hydrogens is 240 g/mol. The first-order valence-electron chi connectivity index (χ1n) is 7.88. The highest BCUT2D eigenvalue weighted by molar-refractivity contribution is 5.81. The van der Waals surface area contributed by atoms with E-state index in [4.69, 9.17) is 10.5 Å². The Morgan fingerprint density at radius 2 is 1.95 bits per heavy atom. The zero-order valence-corrected chi connectivity index (χ0v) is 12.1. The fourth-order valence-electron chi connectivity index (χ4n) is 3.37. The standard InChI is InChI=1S/C15H28N2O2/c1-2-3-11-4-6-12(7-5-11)17-15(18)14-9-8-13(10-16)19-14/h11-14H,2-10,16H2,1H3,(H,17,18)/t11?,12?,13-,14+/m1/s1. The second kappa shape index (κ2) is 7.25. The van der Waals surface area contributed by atoms with Crippen molar-refractivity contribution in [2.75, 3.05) is 6.54 Å². The Kier molecular flexibility index (Phi) is 5.64. The van der Waals surface area contributed by atoms with Gasteiger partial charge >= 0.3 is 0 Å². The third-order valence-corrected chi connectivity index (χ3v) is 4.55. The Balaban J connectivity index is 1.69. The quantitative estimate of drug-likeness (QED) is 0.801. The molecule has 1 saturated carbocycles. The summed E-state index contributed by atoms with van der Waals surface area (Å²) < 4.78 is 5.64. The maximum atomic E-state index is 12.1. The molecule has 1 aliphatic carbocycles. The fraction of sp³-hybridized carbons (Fsp3) is 0.933. The van der Waals surface area contributed by atoms with Crippen LogP contribution in [0.3, 0.4) is 0 Å². The van der Waals surface area contributed by atoms with Crippen LogP contribution in [0.15, 0.2) is 0 Å². The monoisotopic (exact) mass is 268 g/mol. The van der Waals surface area contributed by atoms with Crippen molar-refractivity contribution in [1.82, 2.24) is 5.32 Å². The van der Waals surface area contributed by atoms with Crippen molar-refractivity contribution in [2.45, 2.75) is 76.5 Å². The highest BCUT2D eigenvalue weighted by atomic mass is 16.5. The molecule has 0 bridgehead atoms. The van der Waals surface area contributed by atoms with Crippen LogP contribution in [0.4, 0.5) is 0 Å². The van der Waals surface area contributed by atoms with Gasteiger partial charge in [0.15, 0.2) is 0 Å². The Morgan fingerprint density at radius 3 is 2.53 bits per heavy atom. The summed E-state index contributed by atoms with van der Waals surface area (Å²) in [6, 6.07) is 0.362. The van der Waals surface area contributed by atoms with Crippen LogP contribution in [0.2, 0.25) is 0 Å². The minimum absolute atomic E-state index is 0.0786. The first kappa shape index (κ1) is 14.8. The van der Waals surface area contributed by atoms with E-state index in [1.54, 1.807) is 0 Å². The summed E-state index contributed by atoms with van der Waals surface area (Å²) in [6.45, 7) is 2.77. The molecule has 0 unspecified atom stereocenters. The maximum Gasteiger partial charge on any atom is 0.249 e. The Labute approximate surface area is 116 Å². The van der Waals surface area contributed by atoms with Crippen molar-refractivity contribution < 1.29 is 9.53 Å². The lowest BCUT2D eigenvalue weighted by Gasteiger charge is -2.29. The number of nitrogens with one attached hydrogen (secondary N) is 1. The molecule has 0 spiro atoms. The van der Waals surface area contributed by atoms with Gasteiger partial charge < -0.3 is 15.8 Å². The van der Waals surface area contributed by atoms with Crippen LogP contribution in [0.25, 0.3) is 0 Å². The third kappa shape index (κ3) is 4.18. The van der Waals surface area contributed by atoms with Crippen molar-refractivity contribution in [3.05, 3.63) is 0 Å². The van der Waals surface area contributed by atoms with Crippen molar-refractivity contribution >= 4 is 5.91 Å². The number of amides is 1. The second-order valence-corrected chi connectivity index (χ2v) is 6.07. The molecule has 3 N–H and O–H groups in total. The lowest BCUT2D eigenvalue weighted by Crippen LogP contribution is -2.43. The molecule has 0 aromatic carbocycles. The number of carbonyl (C=O) groups is 1. The molecule has 1 amide bonds. The molecule has 0 aromatic rings. The van der Waals surface area contributed by atoms with Gasteiger partial charge in [-0.05, 0) is 44.4 Å². The fourth-order valence-corrected chi connectivity index (χ4v) is 3.37. The number of hydrogen-bond donors (Lipinski definition) is 2. The highest BCUT2D eigenvalue weighted by Gasteiger charge is 2.31. The predicted molar refractivity (Wildman–Crippen MR) is 75.7 cm³/mol. The summed E-state index contributed by atoms with van der Waals surface area (Å²) >= 11 is 0. The van der Waals surface area contributed by atoms with E-state index in [9.17, 15) is 4.79 Å². The number of nitrogens with two attached hydrogens (primary N) is 1. The molecule has 0 aromatic heterocycles. The van der Waals surface area contributed by atoms with Gasteiger partial charge in [-0.25, -0.2) is 0 Å². The summed E-state index contributed by atoms with van der Waals surface area (Å²) in [5, 5.41) is 3.16.